The summed E-state index contributed by atoms with van der Waals surface area (Å²) < 4.78 is 33.3. The topological polar surface area (TPSA) is 139 Å². The molecule has 5 N–H and O–H groups in total. The van der Waals surface area contributed by atoms with E-state index in [1.54, 1.807) is 24.4 Å². The van der Waals surface area contributed by atoms with Crippen molar-refractivity contribution in [3.8, 4) is 5.69 Å². The van der Waals surface area contributed by atoms with E-state index in [2.05, 4.69) is 15.7 Å². The molecule has 2 heterocycles. The Bertz CT molecular complexity index is 992. The number of amides is 2. The summed E-state index contributed by atoms with van der Waals surface area (Å²) in [5.74, 6) is -3.51. The zero-order valence-corrected chi connectivity index (χ0v) is 17.1. The number of carbonyl (C=O) groups excluding carboxylic acids is 2. The number of nitrogens with one attached hydrogen (secondary N) is 2. The van der Waals surface area contributed by atoms with Gasteiger partial charge in [-0.15, -0.1) is 0 Å². The monoisotopic (exact) mass is 481 g/mol. The van der Waals surface area contributed by atoms with Crippen LogP contribution < -0.4 is 16.4 Å². The van der Waals surface area contributed by atoms with Crippen molar-refractivity contribution in [3.05, 3.63) is 46.2 Å². The summed E-state index contributed by atoms with van der Waals surface area (Å²) in [5.41, 5.74) is 5.73. The van der Waals surface area contributed by atoms with Gasteiger partial charge in [0.2, 0.25) is 5.91 Å². The molecule has 0 radical (unpaired) electrons. The third-order valence-corrected chi connectivity index (χ3v) is 5.03. The third-order valence-electron chi connectivity index (χ3n) is 4.29. The zero-order valence-electron chi connectivity index (χ0n) is 15.5. The van der Waals surface area contributed by atoms with Crippen molar-refractivity contribution in [2.24, 2.45) is 11.1 Å². The van der Waals surface area contributed by atoms with E-state index < -0.39 is 23.5 Å². The fraction of sp³-hybridized carbons (Fsp3) is 0.294. The fourth-order valence-electron chi connectivity index (χ4n) is 2.37. The predicted octanol–water partition coefficient (Wildman–Crippen LogP) is 1.62. The lowest BCUT2D eigenvalue weighted by Crippen LogP contribution is -2.65. The molecule has 2 aromatic rings. The smallest absolute Gasteiger partial charge is 0.475 e. The minimum absolute atomic E-state index is 0.187. The van der Waals surface area contributed by atoms with E-state index >= 15 is 0 Å². The van der Waals surface area contributed by atoms with Crippen molar-refractivity contribution in [1.82, 2.24) is 20.4 Å². The van der Waals surface area contributed by atoms with Crippen molar-refractivity contribution in [1.29, 1.82) is 0 Å². The Hall–Kier alpha value is -2.83. The summed E-state index contributed by atoms with van der Waals surface area (Å²) in [6.07, 6.45) is -2.07. The minimum Gasteiger partial charge on any atom is -0.475 e. The zero-order chi connectivity index (χ0) is 23.4. The number of carboxylic acid groups (broad SMARTS) is 1. The molecular weight excluding hydrogens is 466 g/mol. The lowest BCUT2D eigenvalue weighted by Gasteiger charge is -2.39. The molecule has 14 heteroatoms. The van der Waals surface area contributed by atoms with Gasteiger partial charge in [0.15, 0.2) is 0 Å². The number of carbonyl (C=O) groups is 3. The first kappa shape index (κ1) is 24.4. The summed E-state index contributed by atoms with van der Waals surface area (Å²) >= 11 is 11.9. The molecular formula is C17H16Cl2F3N5O4. The molecule has 1 aromatic carbocycles. The van der Waals surface area contributed by atoms with E-state index in [0.717, 1.165) is 0 Å². The van der Waals surface area contributed by atoms with Crippen LogP contribution in [-0.2, 0) is 9.59 Å². The molecule has 9 nitrogen and oxygen atoms in total. The van der Waals surface area contributed by atoms with Crippen molar-refractivity contribution < 1.29 is 32.7 Å². The summed E-state index contributed by atoms with van der Waals surface area (Å²) in [5, 5.41) is 17.8. The largest absolute Gasteiger partial charge is 0.490 e. The second-order valence-corrected chi connectivity index (χ2v) is 7.32. The molecule has 0 saturated carbocycles. The average molecular weight is 482 g/mol. The van der Waals surface area contributed by atoms with Gasteiger partial charge in [0.05, 0.1) is 32.9 Å². The number of alkyl halides is 3. The molecule has 168 valence electrons. The average Bonchev–Trinajstić information content (AvgIpc) is 3.12. The maximum Gasteiger partial charge on any atom is 0.490 e. The molecule has 0 spiro atoms. The van der Waals surface area contributed by atoms with Gasteiger partial charge in [-0.25, -0.2) is 9.48 Å². The lowest BCUT2D eigenvalue weighted by molar-refractivity contribution is -0.192. The van der Waals surface area contributed by atoms with Crippen LogP contribution in [0.4, 0.5) is 13.2 Å². The highest BCUT2D eigenvalue weighted by atomic mass is 35.5. The second-order valence-electron chi connectivity index (χ2n) is 6.51. The fourth-order valence-corrected chi connectivity index (χ4v) is 2.67. The molecule has 0 unspecified atom stereocenters. The van der Waals surface area contributed by atoms with Crippen molar-refractivity contribution in [3.63, 3.8) is 0 Å². The van der Waals surface area contributed by atoms with Gasteiger partial charge in [-0.1, -0.05) is 23.2 Å². The van der Waals surface area contributed by atoms with Crippen LogP contribution in [0.15, 0.2) is 30.6 Å². The number of carboxylic acids is 1. The Morgan fingerprint density at radius 1 is 1.26 bits per heavy atom. The van der Waals surface area contributed by atoms with E-state index in [9.17, 15) is 22.8 Å². The van der Waals surface area contributed by atoms with E-state index in [0.29, 0.717) is 34.4 Å². The van der Waals surface area contributed by atoms with Crippen LogP contribution in [0, 0.1) is 5.41 Å². The number of halogens is 5. The predicted molar refractivity (Wildman–Crippen MR) is 104 cm³/mol. The Labute approximate surface area is 183 Å². The standard InChI is InChI=1S/C15H15Cl2N5O2.C2HF3O2/c16-11-2-1-10(3-12(11)17)22-5-9(4-21-22)13(23)20-8-15(14(18)24)6-19-7-15;3-2(4,5)1(6)7/h1-5,19H,6-8H2,(H2,18,24)(H,20,23);(H,6,7). The molecule has 3 rings (SSSR count). The summed E-state index contributed by atoms with van der Waals surface area (Å²) in [7, 11) is 0. The van der Waals surface area contributed by atoms with Gasteiger partial charge < -0.3 is 21.5 Å². The molecule has 1 aromatic heterocycles. The molecule has 1 aliphatic rings. The van der Waals surface area contributed by atoms with Gasteiger partial charge in [0.1, 0.15) is 0 Å². The van der Waals surface area contributed by atoms with Crippen LogP contribution in [0.2, 0.25) is 10.0 Å². The highest BCUT2D eigenvalue weighted by Gasteiger charge is 2.43. The molecule has 1 saturated heterocycles. The van der Waals surface area contributed by atoms with Crippen molar-refractivity contribution >= 4 is 41.0 Å². The molecule has 0 aliphatic carbocycles. The van der Waals surface area contributed by atoms with Gasteiger partial charge in [-0.3, -0.25) is 9.59 Å². The molecule has 2 amide bonds. The van der Waals surface area contributed by atoms with E-state index in [1.807, 2.05) is 0 Å². The van der Waals surface area contributed by atoms with Crippen LogP contribution >= 0.6 is 23.2 Å². The quantitative estimate of drug-likeness (QED) is 0.511. The van der Waals surface area contributed by atoms with Crippen LogP contribution in [0.3, 0.4) is 0 Å². The summed E-state index contributed by atoms with van der Waals surface area (Å²) in [6.45, 7) is 1.11. The van der Waals surface area contributed by atoms with Crippen molar-refractivity contribution in [2.75, 3.05) is 19.6 Å². The number of nitrogens with two attached hydrogens (primary N) is 1. The molecule has 1 fully saturated rings. The number of benzene rings is 1. The van der Waals surface area contributed by atoms with E-state index in [4.69, 9.17) is 38.8 Å². The number of hydrogen-bond acceptors (Lipinski definition) is 5. The Balaban J connectivity index is 0.000000423. The van der Waals surface area contributed by atoms with E-state index in [-0.39, 0.29) is 12.5 Å². The minimum atomic E-state index is -5.08. The van der Waals surface area contributed by atoms with Gasteiger partial charge in [-0.2, -0.15) is 18.3 Å². The number of aliphatic carboxylic acids is 1. The summed E-state index contributed by atoms with van der Waals surface area (Å²) in [6, 6.07) is 5.05. The van der Waals surface area contributed by atoms with Crippen molar-refractivity contribution in [2.45, 2.75) is 6.18 Å². The van der Waals surface area contributed by atoms with Crippen LogP contribution in [0.5, 0.6) is 0 Å². The number of hydrogen-bond donors (Lipinski definition) is 4. The molecule has 0 bridgehead atoms. The first-order chi connectivity index (χ1) is 14.4. The Morgan fingerprint density at radius 2 is 1.87 bits per heavy atom. The molecule has 1 aliphatic heterocycles. The van der Waals surface area contributed by atoms with Crippen LogP contribution in [0.25, 0.3) is 5.69 Å². The lowest BCUT2D eigenvalue weighted by atomic mass is 9.81. The normalized spacial score (nSPS) is 14.6. The first-order valence-corrected chi connectivity index (χ1v) is 9.20. The Kier molecular flexibility index (Phi) is 7.52. The number of rotatable bonds is 5. The highest BCUT2D eigenvalue weighted by molar-refractivity contribution is 6.42. The third kappa shape index (κ3) is 6.09. The number of aromatic nitrogens is 2. The van der Waals surface area contributed by atoms with Crippen LogP contribution in [-0.4, -0.2) is 58.5 Å². The first-order valence-electron chi connectivity index (χ1n) is 8.45. The van der Waals surface area contributed by atoms with Gasteiger partial charge in [0, 0.05) is 25.8 Å². The maximum absolute atomic E-state index is 12.2. The van der Waals surface area contributed by atoms with Gasteiger partial charge in [0.25, 0.3) is 5.91 Å². The maximum atomic E-state index is 12.2. The van der Waals surface area contributed by atoms with Gasteiger partial charge in [-0.05, 0) is 18.2 Å². The summed E-state index contributed by atoms with van der Waals surface area (Å²) in [4.78, 5) is 32.6. The highest BCUT2D eigenvalue weighted by Crippen LogP contribution is 2.24. The van der Waals surface area contributed by atoms with Crippen LogP contribution in [0.1, 0.15) is 10.4 Å². The number of nitrogens with zero attached hydrogens (tertiary/aromatic N) is 2. The number of primary amides is 1. The SMILES string of the molecule is NC(=O)C1(CNC(=O)c2cnn(-c3ccc(Cl)c(Cl)c3)c2)CNC1.O=C(O)C(F)(F)F. The molecule has 31 heavy (non-hydrogen) atoms. The van der Waals surface area contributed by atoms with E-state index in [1.165, 1.54) is 10.9 Å². The Morgan fingerprint density at radius 3 is 2.32 bits per heavy atom. The second kappa shape index (κ2) is 9.54. The van der Waals surface area contributed by atoms with Gasteiger partial charge >= 0.3 is 12.1 Å². The molecule has 0 atom stereocenters.